The van der Waals surface area contributed by atoms with Crippen molar-refractivity contribution in [2.45, 2.75) is 36.4 Å². The molecule has 5 rings (SSSR count). The first-order chi connectivity index (χ1) is 17.0. The number of amides is 1. The molecule has 2 aliphatic rings. The summed E-state index contributed by atoms with van der Waals surface area (Å²) in [5.41, 5.74) is 2.45. The Bertz CT molecular complexity index is 1250. The van der Waals surface area contributed by atoms with Gasteiger partial charge in [-0.25, -0.2) is 14.4 Å². The molecule has 11 heteroatoms. The van der Waals surface area contributed by atoms with Gasteiger partial charge in [0, 0.05) is 37.3 Å². The minimum Gasteiger partial charge on any atom is -0.481 e. The van der Waals surface area contributed by atoms with Crippen LogP contribution in [0.3, 0.4) is 0 Å². The molecule has 0 aliphatic carbocycles. The second-order valence-electron chi connectivity index (χ2n) is 8.69. The number of carbonyl (C=O) groups excluding carboxylic acids is 1. The van der Waals surface area contributed by atoms with Gasteiger partial charge < -0.3 is 25.4 Å². The van der Waals surface area contributed by atoms with Crippen molar-refractivity contribution in [3.05, 3.63) is 47.5 Å². The number of halogens is 1. The minimum absolute atomic E-state index is 0.0440. The van der Waals surface area contributed by atoms with Gasteiger partial charge in [0.05, 0.1) is 46.8 Å². The van der Waals surface area contributed by atoms with Gasteiger partial charge in [0.15, 0.2) is 0 Å². The normalized spacial score (nSPS) is 20.5. The molecule has 9 nitrogen and oxygen atoms in total. The molecule has 0 radical (unpaired) electrons. The number of nitrogens with one attached hydrogen (secondary N) is 2. The van der Waals surface area contributed by atoms with Crippen LogP contribution in [0, 0.1) is 5.82 Å². The predicted molar refractivity (Wildman–Crippen MR) is 131 cm³/mol. The maximum atomic E-state index is 14.6. The second kappa shape index (κ2) is 10.4. The van der Waals surface area contributed by atoms with E-state index >= 15 is 0 Å². The van der Waals surface area contributed by atoms with Crippen LogP contribution in [0.2, 0.25) is 0 Å². The Morgan fingerprint density at radius 2 is 2.20 bits per heavy atom. The van der Waals surface area contributed by atoms with E-state index in [4.69, 9.17) is 4.74 Å². The average molecular weight is 499 g/mol. The Balaban J connectivity index is 1.16. The molecule has 0 saturated carbocycles. The van der Waals surface area contributed by atoms with Crippen molar-refractivity contribution >= 4 is 34.5 Å². The molecule has 2 atom stereocenters. The molecule has 5 heterocycles. The zero-order chi connectivity index (χ0) is 24.4. The molecule has 1 saturated heterocycles. The quantitative estimate of drug-likeness (QED) is 0.450. The summed E-state index contributed by atoms with van der Waals surface area (Å²) in [4.78, 5) is 27.8. The van der Waals surface area contributed by atoms with E-state index in [0.29, 0.717) is 60.1 Å². The van der Waals surface area contributed by atoms with Gasteiger partial charge in [-0.05, 0) is 37.6 Å². The number of pyridine rings is 3. The molecule has 3 aromatic heterocycles. The third-order valence-corrected chi connectivity index (χ3v) is 7.42. The molecular formula is C24H27FN6O3S. The van der Waals surface area contributed by atoms with Gasteiger partial charge in [-0.2, -0.15) is 0 Å². The topological polar surface area (TPSA) is 112 Å². The van der Waals surface area contributed by atoms with Crippen LogP contribution in [0.4, 0.5) is 10.2 Å². The molecule has 3 aromatic rings. The number of anilines is 1. The van der Waals surface area contributed by atoms with Crippen molar-refractivity contribution in [2.75, 3.05) is 37.8 Å². The molecule has 35 heavy (non-hydrogen) atoms. The fourth-order valence-corrected chi connectivity index (χ4v) is 5.23. The molecule has 1 amide bonds. The van der Waals surface area contributed by atoms with Crippen molar-refractivity contribution < 1.29 is 19.0 Å². The number of aromatic nitrogens is 3. The minimum atomic E-state index is -0.561. The zero-order valence-electron chi connectivity index (χ0n) is 19.3. The lowest BCUT2D eigenvalue weighted by Gasteiger charge is -2.36. The van der Waals surface area contributed by atoms with Crippen LogP contribution in [0.15, 0.2) is 35.4 Å². The van der Waals surface area contributed by atoms with E-state index in [-0.39, 0.29) is 17.8 Å². The van der Waals surface area contributed by atoms with Crippen molar-refractivity contribution in [3.63, 3.8) is 0 Å². The summed E-state index contributed by atoms with van der Waals surface area (Å²) in [5, 5.41) is 16.9. The Labute approximate surface area is 206 Å². The number of carbonyl (C=O) groups is 1. The molecule has 0 bridgehead atoms. The summed E-state index contributed by atoms with van der Waals surface area (Å²) in [6.07, 6.45) is 1.88. The number of likely N-dealkylation sites (tertiary alicyclic amines) is 1. The summed E-state index contributed by atoms with van der Waals surface area (Å²) in [6.45, 7) is 2.36. The van der Waals surface area contributed by atoms with Crippen molar-refractivity contribution in [1.29, 1.82) is 0 Å². The molecule has 0 spiro atoms. The van der Waals surface area contributed by atoms with Gasteiger partial charge in [-0.3, -0.25) is 9.78 Å². The lowest BCUT2D eigenvalue weighted by molar-refractivity contribution is -0.113. The van der Waals surface area contributed by atoms with E-state index in [1.807, 2.05) is 12.1 Å². The number of fused-ring (bicyclic) bond motifs is 2. The van der Waals surface area contributed by atoms with Crippen LogP contribution >= 0.6 is 11.8 Å². The van der Waals surface area contributed by atoms with E-state index in [1.54, 1.807) is 12.1 Å². The van der Waals surface area contributed by atoms with E-state index in [1.165, 1.54) is 25.1 Å². The van der Waals surface area contributed by atoms with E-state index in [2.05, 4.69) is 30.5 Å². The Morgan fingerprint density at radius 1 is 1.31 bits per heavy atom. The number of aliphatic hydroxyl groups is 1. The third-order valence-electron chi connectivity index (χ3n) is 6.37. The smallest absolute Gasteiger partial charge is 0.235 e. The molecule has 0 unspecified atom stereocenters. The molecule has 0 aromatic carbocycles. The fourth-order valence-electron chi connectivity index (χ4n) is 4.48. The SMILES string of the molecule is COc1ccc2ncc(F)c(CCN3CC[C@@H](NCc4ccc5c(n4)NC(=O)CS5)[C@@H](O)C3)c2n1. The first-order valence-corrected chi connectivity index (χ1v) is 12.5. The van der Waals surface area contributed by atoms with Crippen molar-refractivity contribution in [2.24, 2.45) is 0 Å². The molecular weight excluding hydrogens is 471 g/mol. The third kappa shape index (κ3) is 5.37. The van der Waals surface area contributed by atoms with Crippen LogP contribution in [-0.2, 0) is 17.8 Å². The maximum absolute atomic E-state index is 14.6. The van der Waals surface area contributed by atoms with Crippen LogP contribution in [0.5, 0.6) is 5.88 Å². The Kier molecular flexibility index (Phi) is 7.09. The maximum Gasteiger partial charge on any atom is 0.235 e. The first-order valence-electron chi connectivity index (χ1n) is 11.5. The van der Waals surface area contributed by atoms with E-state index < -0.39 is 6.10 Å². The number of methoxy groups -OCH3 is 1. The number of aliphatic hydroxyl groups excluding tert-OH is 1. The lowest BCUT2D eigenvalue weighted by Crippen LogP contribution is -2.52. The fraction of sp³-hybridized carbons (Fsp3) is 0.417. The number of β-amino-alcohol motifs (C(OH)–C–C–N with tert-alkyl or cyclic N) is 1. The largest absolute Gasteiger partial charge is 0.481 e. The monoisotopic (exact) mass is 498 g/mol. The van der Waals surface area contributed by atoms with Crippen LogP contribution < -0.4 is 15.4 Å². The summed E-state index contributed by atoms with van der Waals surface area (Å²) < 4.78 is 19.8. The number of ether oxygens (including phenoxy) is 1. The molecule has 184 valence electrons. The Hall–Kier alpha value is -2.86. The summed E-state index contributed by atoms with van der Waals surface area (Å²) in [6, 6.07) is 7.32. The lowest BCUT2D eigenvalue weighted by atomic mass is 10.0. The number of piperidine rings is 1. The summed E-state index contributed by atoms with van der Waals surface area (Å²) in [5.74, 6) is 0.998. The van der Waals surface area contributed by atoms with Crippen LogP contribution in [0.25, 0.3) is 11.0 Å². The van der Waals surface area contributed by atoms with Gasteiger partial charge in [-0.1, -0.05) is 0 Å². The summed E-state index contributed by atoms with van der Waals surface area (Å²) in [7, 11) is 1.53. The van der Waals surface area contributed by atoms with E-state index in [0.717, 1.165) is 23.6 Å². The second-order valence-corrected chi connectivity index (χ2v) is 9.70. The van der Waals surface area contributed by atoms with Gasteiger partial charge in [-0.15, -0.1) is 11.8 Å². The highest BCUT2D eigenvalue weighted by molar-refractivity contribution is 8.00. The predicted octanol–water partition coefficient (Wildman–Crippen LogP) is 1.98. The van der Waals surface area contributed by atoms with Gasteiger partial charge in [0.1, 0.15) is 11.6 Å². The van der Waals surface area contributed by atoms with E-state index in [9.17, 15) is 14.3 Å². The first kappa shape index (κ1) is 23.9. The molecule has 1 fully saturated rings. The number of thioether (sulfide) groups is 1. The Morgan fingerprint density at radius 3 is 3.03 bits per heavy atom. The highest BCUT2D eigenvalue weighted by Gasteiger charge is 2.28. The highest BCUT2D eigenvalue weighted by atomic mass is 32.2. The summed E-state index contributed by atoms with van der Waals surface area (Å²) >= 11 is 1.48. The standard InChI is InChI=1S/C24H27FN6O3S/c1-34-22-5-3-18-23(30-22)15(16(25)11-27-18)6-8-31-9-7-17(19(32)12-31)26-10-14-2-4-20-24(28-14)29-21(33)13-35-20/h2-5,11,17,19,26,32H,6-10,12-13H2,1H3,(H,28,29,33)/t17-,19+/m1/s1. The van der Waals surface area contributed by atoms with Gasteiger partial charge >= 0.3 is 0 Å². The molecule has 3 N–H and O–H groups in total. The average Bonchev–Trinajstić information content (AvgIpc) is 2.87. The number of nitrogens with zero attached hydrogens (tertiary/aromatic N) is 4. The van der Waals surface area contributed by atoms with Crippen LogP contribution in [-0.4, -0.2) is 75.5 Å². The molecule has 2 aliphatic heterocycles. The number of hydrogen-bond acceptors (Lipinski definition) is 9. The number of rotatable bonds is 7. The van der Waals surface area contributed by atoms with Crippen molar-refractivity contribution in [1.82, 2.24) is 25.2 Å². The number of hydrogen-bond donors (Lipinski definition) is 3. The van der Waals surface area contributed by atoms with Gasteiger partial charge in [0.25, 0.3) is 0 Å². The van der Waals surface area contributed by atoms with Gasteiger partial charge in [0.2, 0.25) is 11.8 Å². The van der Waals surface area contributed by atoms with Crippen LogP contribution in [0.1, 0.15) is 17.7 Å². The van der Waals surface area contributed by atoms with Crippen molar-refractivity contribution in [3.8, 4) is 5.88 Å². The highest BCUT2D eigenvalue weighted by Crippen LogP contribution is 2.29. The zero-order valence-corrected chi connectivity index (χ0v) is 20.1.